The Morgan fingerprint density at radius 2 is 2.00 bits per heavy atom. The Morgan fingerprint density at radius 3 is 2.60 bits per heavy atom. The zero-order valence-electron chi connectivity index (χ0n) is 9.39. The highest BCUT2D eigenvalue weighted by Gasteiger charge is 2.14. The Labute approximate surface area is 90.7 Å². The zero-order valence-corrected chi connectivity index (χ0v) is 9.39. The summed E-state index contributed by atoms with van der Waals surface area (Å²) in [5, 5.41) is 3.20. The second-order valence-electron chi connectivity index (χ2n) is 4.26. The van der Waals surface area contributed by atoms with Crippen LogP contribution < -0.4 is 11.1 Å². The molecule has 0 aliphatic carbocycles. The molecule has 0 fully saturated rings. The van der Waals surface area contributed by atoms with E-state index in [-0.39, 0.29) is 0 Å². The largest absolute Gasteiger partial charge is 0.385 e. The first-order valence-corrected chi connectivity index (χ1v) is 5.24. The molecule has 0 saturated carbocycles. The number of benzene rings is 1. The van der Waals surface area contributed by atoms with Crippen molar-refractivity contribution in [2.24, 2.45) is 5.73 Å². The molecule has 0 amide bonds. The summed E-state index contributed by atoms with van der Waals surface area (Å²) < 4.78 is 13.2. The van der Waals surface area contributed by atoms with Crippen LogP contribution in [0.3, 0.4) is 0 Å². The molecule has 0 heterocycles. The van der Waals surface area contributed by atoms with Crippen molar-refractivity contribution in [2.75, 3.05) is 11.9 Å². The lowest BCUT2D eigenvalue weighted by Crippen LogP contribution is -2.18. The van der Waals surface area contributed by atoms with Gasteiger partial charge in [-0.2, -0.15) is 0 Å². The maximum atomic E-state index is 13.2. The van der Waals surface area contributed by atoms with E-state index in [2.05, 4.69) is 5.32 Å². The fraction of sp³-hybridized carbons (Fsp3) is 0.500. The molecule has 0 unspecified atom stereocenters. The maximum absolute atomic E-state index is 13.2. The third kappa shape index (κ3) is 4.30. The van der Waals surface area contributed by atoms with Gasteiger partial charge in [0.25, 0.3) is 0 Å². The van der Waals surface area contributed by atoms with E-state index in [0.29, 0.717) is 19.5 Å². The minimum Gasteiger partial charge on any atom is -0.385 e. The van der Waals surface area contributed by atoms with Gasteiger partial charge < -0.3 is 11.1 Å². The number of hydrogen-bond donors (Lipinski definition) is 2. The number of alkyl halides is 1. The predicted octanol–water partition coefficient (Wildman–Crippen LogP) is 2.70. The van der Waals surface area contributed by atoms with E-state index < -0.39 is 5.67 Å². The molecule has 0 atom stereocenters. The quantitative estimate of drug-likeness (QED) is 0.784. The molecular weight excluding hydrogens is 191 g/mol. The van der Waals surface area contributed by atoms with Crippen molar-refractivity contribution in [3.05, 3.63) is 29.8 Å². The summed E-state index contributed by atoms with van der Waals surface area (Å²) >= 11 is 0. The Kier molecular flexibility index (Phi) is 4.09. The van der Waals surface area contributed by atoms with E-state index in [9.17, 15) is 4.39 Å². The number of rotatable bonds is 5. The Balaban J connectivity index is 2.50. The lowest BCUT2D eigenvalue weighted by atomic mass is 10.1. The molecule has 0 aliphatic heterocycles. The van der Waals surface area contributed by atoms with Crippen LogP contribution >= 0.6 is 0 Å². The smallest absolute Gasteiger partial charge is 0.107 e. The van der Waals surface area contributed by atoms with Crippen LogP contribution in [0.2, 0.25) is 0 Å². The summed E-state index contributed by atoms with van der Waals surface area (Å²) in [6, 6.07) is 7.84. The third-order valence-corrected chi connectivity index (χ3v) is 2.27. The third-order valence-electron chi connectivity index (χ3n) is 2.27. The van der Waals surface area contributed by atoms with Crippen molar-refractivity contribution in [2.45, 2.75) is 32.5 Å². The molecule has 2 nitrogen and oxygen atoms in total. The average molecular weight is 210 g/mol. The van der Waals surface area contributed by atoms with Gasteiger partial charge >= 0.3 is 0 Å². The van der Waals surface area contributed by atoms with Gasteiger partial charge in [-0.3, -0.25) is 0 Å². The number of para-hydroxylation sites is 1. The lowest BCUT2D eigenvalue weighted by molar-refractivity contribution is 0.207. The van der Waals surface area contributed by atoms with Gasteiger partial charge in [0, 0.05) is 18.8 Å². The van der Waals surface area contributed by atoms with Crippen molar-refractivity contribution in [3.63, 3.8) is 0 Å². The highest BCUT2D eigenvalue weighted by molar-refractivity contribution is 5.50. The molecule has 1 aromatic rings. The second kappa shape index (κ2) is 5.12. The van der Waals surface area contributed by atoms with Gasteiger partial charge in [0.05, 0.1) is 0 Å². The van der Waals surface area contributed by atoms with E-state index in [1.165, 1.54) is 0 Å². The van der Waals surface area contributed by atoms with E-state index >= 15 is 0 Å². The summed E-state index contributed by atoms with van der Waals surface area (Å²) in [4.78, 5) is 0. The SMILES string of the molecule is CC(C)(F)CCNc1ccccc1CN. The molecule has 0 saturated heterocycles. The molecule has 84 valence electrons. The van der Waals surface area contributed by atoms with Gasteiger partial charge in [0.15, 0.2) is 0 Å². The van der Waals surface area contributed by atoms with Crippen LogP contribution in [0.1, 0.15) is 25.8 Å². The van der Waals surface area contributed by atoms with Crippen LogP contribution in [0.5, 0.6) is 0 Å². The predicted molar refractivity (Wildman–Crippen MR) is 62.6 cm³/mol. The highest BCUT2D eigenvalue weighted by atomic mass is 19.1. The molecule has 0 radical (unpaired) electrons. The van der Waals surface area contributed by atoms with Gasteiger partial charge in [0.2, 0.25) is 0 Å². The van der Waals surface area contributed by atoms with Crippen molar-refractivity contribution >= 4 is 5.69 Å². The first-order chi connectivity index (χ1) is 7.03. The molecular formula is C12H19FN2. The molecule has 3 heteroatoms. The van der Waals surface area contributed by atoms with Gasteiger partial charge in [-0.15, -0.1) is 0 Å². The van der Waals surface area contributed by atoms with Gasteiger partial charge in [0.1, 0.15) is 5.67 Å². The summed E-state index contributed by atoms with van der Waals surface area (Å²) in [5.74, 6) is 0. The number of anilines is 1. The Morgan fingerprint density at radius 1 is 1.33 bits per heavy atom. The van der Waals surface area contributed by atoms with Crippen LogP contribution in [0.4, 0.5) is 10.1 Å². The molecule has 3 N–H and O–H groups in total. The monoisotopic (exact) mass is 210 g/mol. The maximum Gasteiger partial charge on any atom is 0.107 e. The van der Waals surface area contributed by atoms with Crippen LogP contribution in [-0.4, -0.2) is 12.2 Å². The molecule has 0 spiro atoms. The standard InChI is InChI=1S/C12H19FN2/c1-12(2,13)7-8-15-11-6-4-3-5-10(11)9-14/h3-6,15H,7-9,14H2,1-2H3. The molecule has 0 aromatic heterocycles. The zero-order chi connectivity index (χ0) is 11.3. The van der Waals surface area contributed by atoms with E-state index in [1.807, 2.05) is 24.3 Å². The fourth-order valence-electron chi connectivity index (χ4n) is 1.37. The normalized spacial score (nSPS) is 11.5. The molecule has 0 bridgehead atoms. The number of nitrogens with two attached hydrogens (primary N) is 1. The van der Waals surface area contributed by atoms with Crippen molar-refractivity contribution in [3.8, 4) is 0 Å². The molecule has 0 aliphatic rings. The van der Waals surface area contributed by atoms with Gasteiger partial charge in [-0.25, -0.2) is 4.39 Å². The Hall–Kier alpha value is -1.09. The van der Waals surface area contributed by atoms with E-state index in [1.54, 1.807) is 13.8 Å². The van der Waals surface area contributed by atoms with Crippen LogP contribution in [0.25, 0.3) is 0 Å². The highest BCUT2D eigenvalue weighted by Crippen LogP contribution is 2.17. The lowest BCUT2D eigenvalue weighted by Gasteiger charge is -2.16. The average Bonchev–Trinajstić information content (AvgIpc) is 2.16. The first-order valence-electron chi connectivity index (χ1n) is 5.24. The molecule has 1 aromatic carbocycles. The minimum absolute atomic E-state index is 0.492. The Bertz CT molecular complexity index is 305. The van der Waals surface area contributed by atoms with Crippen LogP contribution in [0.15, 0.2) is 24.3 Å². The van der Waals surface area contributed by atoms with Crippen LogP contribution in [-0.2, 0) is 6.54 Å². The number of nitrogens with one attached hydrogen (secondary N) is 1. The van der Waals surface area contributed by atoms with Gasteiger partial charge in [-0.1, -0.05) is 18.2 Å². The number of hydrogen-bond acceptors (Lipinski definition) is 2. The molecule has 1 rings (SSSR count). The number of halogens is 1. The van der Waals surface area contributed by atoms with Crippen molar-refractivity contribution < 1.29 is 4.39 Å². The van der Waals surface area contributed by atoms with Crippen molar-refractivity contribution in [1.82, 2.24) is 0 Å². The summed E-state index contributed by atoms with van der Waals surface area (Å²) in [6.45, 7) is 4.30. The van der Waals surface area contributed by atoms with Crippen molar-refractivity contribution in [1.29, 1.82) is 0 Å². The van der Waals surface area contributed by atoms with Gasteiger partial charge in [-0.05, 0) is 31.9 Å². The topological polar surface area (TPSA) is 38.0 Å². The second-order valence-corrected chi connectivity index (χ2v) is 4.26. The summed E-state index contributed by atoms with van der Waals surface area (Å²) in [7, 11) is 0. The fourth-order valence-corrected chi connectivity index (χ4v) is 1.37. The summed E-state index contributed by atoms with van der Waals surface area (Å²) in [5.41, 5.74) is 6.54. The first kappa shape index (κ1) is 12.0. The van der Waals surface area contributed by atoms with E-state index in [4.69, 9.17) is 5.73 Å². The molecule has 15 heavy (non-hydrogen) atoms. The minimum atomic E-state index is -1.12. The van der Waals surface area contributed by atoms with Crippen LogP contribution in [0, 0.1) is 0 Å². The summed E-state index contributed by atoms with van der Waals surface area (Å²) in [6.07, 6.45) is 0.492. The van der Waals surface area contributed by atoms with E-state index in [0.717, 1.165) is 11.3 Å².